The number of rotatable bonds is 9. The van der Waals surface area contributed by atoms with Crippen molar-refractivity contribution < 1.29 is 54.8 Å². The molecular weight excluding hydrogens is 546 g/mol. The highest BCUT2D eigenvalue weighted by Crippen LogP contribution is 2.58. The first kappa shape index (κ1) is 30.1. The number of benzene rings is 2. The van der Waals surface area contributed by atoms with E-state index >= 15 is 0 Å². The molecule has 0 saturated carbocycles. The molecule has 2 saturated heterocycles. The molecular formula is C28H32F6O6. The first-order valence-corrected chi connectivity index (χ1v) is 12.6. The summed E-state index contributed by atoms with van der Waals surface area (Å²) in [5.74, 6) is 1.33. The molecule has 2 heterocycles. The van der Waals surface area contributed by atoms with Gasteiger partial charge in [-0.1, -0.05) is 39.8 Å². The van der Waals surface area contributed by atoms with Crippen LogP contribution < -0.4 is 18.9 Å². The maximum atomic E-state index is 13.2. The fourth-order valence-corrected chi connectivity index (χ4v) is 5.36. The van der Waals surface area contributed by atoms with Crippen molar-refractivity contribution in [3.05, 3.63) is 47.5 Å². The van der Waals surface area contributed by atoms with Gasteiger partial charge in [-0.2, -0.15) is 26.3 Å². The molecule has 2 aliphatic heterocycles. The molecule has 222 valence electrons. The Morgan fingerprint density at radius 2 is 0.975 bits per heavy atom. The van der Waals surface area contributed by atoms with E-state index in [0.717, 1.165) is 0 Å². The summed E-state index contributed by atoms with van der Waals surface area (Å²) in [5.41, 5.74) is -1.32. The van der Waals surface area contributed by atoms with Crippen LogP contribution >= 0.6 is 0 Å². The Labute approximate surface area is 228 Å². The lowest BCUT2D eigenvalue weighted by Crippen LogP contribution is -2.57. The van der Waals surface area contributed by atoms with Gasteiger partial charge in [-0.15, -0.1) is 0 Å². The first-order chi connectivity index (χ1) is 18.5. The van der Waals surface area contributed by atoms with E-state index in [4.69, 9.17) is 28.4 Å². The molecule has 0 spiro atoms. The zero-order chi connectivity index (χ0) is 29.7. The van der Waals surface area contributed by atoms with Gasteiger partial charge in [0.15, 0.2) is 35.2 Å². The standard InChI is InChI=1S/C28H32F6O6/c1-25(2)21(39-23(25)27(29,30)31)15-7-9-17(35-5)19(13-15)37-11-12-38-20-14-16(8-10-18(20)36-6)22-26(3,4)24(40-22)28(32,33)34/h7-10,13-14,21-24H,11-12H2,1-6H3. The quantitative estimate of drug-likeness (QED) is 0.231. The van der Waals surface area contributed by atoms with Crippen LogP contribution in [0.3, 0.4) is 0 Å². The zero-order valence-corrected chi connectivity index (χ0v) is 22.9. The summed E-state index contributed by atoms with van der Waals surface area (Å²) in [4.78, 5) is 0. The van der Waals surface area contributed by atoms with Crippen LogP contribution in [0.5, 0.6) is 23.0 Å². The van der Waals surface area contributed by atoms with Gasteiger partial charge in [-0.3, -0.25) is 0 Å². The summed E-state index contributed by atoms with van der Waals surface area (Å²) in [5, 5.41) is 0. The Morgan fingerprint density at radius 1 is 0.625 bits per heavy atom. The normalized spacial score (nSPS) is 25.4. The molecule has 2 aromatic rings. The molecule has 12 heteroatoms. The molecule has 0 radical (unpaired) electrons. The topological polar surface area (TPSA) is 55.4 Å². The van der Waals surface area contributed by atoms with E-state index in [-0.39, 0.29) is 13.2 Å². The Morgan fingerprint density at radius 3 is 1.25 bits per heavy atom. The summed E-state index contributed by atoms with van der Waals surface area (Å²) in [7, 11) is 2.87. The van der Waals surface area contributed by atoms with E-state index in [0.29, 0.717) is 34.1 Å². The Bertz CT molecular complexity index is 1120. The van der Waals surface area contributed by atoms with Crippen LogP contribution in [0.25, 0.3) is 0 Å². The van der Waals surface area contributed by atoms with E-state index in [1.165, 1.54) is 41.9 Å². The fraction of sp³-hybridized carbons (Fsp3) is 0.571. The van der Waals surface area contributed by atoms with E-state index < -0.39 is 47.6 Å². The fourth-order valence-electron chi connectivity index (χ4n) is 5.36. The highest BCUT2D eigenvalue weighted by Gasteiger charge is 2.63. The molecule has 2 fully saturated rings. The first-order valence-electron chi connectivity index (χ1n) is 12.6. The van der Waals surface area contributed by atoms with Gasteiger partial charge in [-0.25, -0.2) is 0 Å². The van der Waals surface area contributed by atoms with Crippen LogP contribution in [0.15, 0.2) is 36.4 Å². The number of methoxy groups -OCH3 is 2. The van der Waals surface area contributed by atoms with Crippen LogP contribution in [0.2, 0.25) is 0 Å². The van der Waals surface area contributed by atoms with Crippen molar-refractivity contribution in [2.75, 3.05) is 27.4 Å². The largest absolute Gasteiger partial charge is 0.493 e. The number of alkyl halides is 6. The lowest BCUT2D eigenvalue weighted by Gasteiger charge is -2.52. The zero-order valence-electron chi connectivity index (χ0n) is 22.9. The predicted molar refractivity (Wildman–Crippen MR) is 132 cm³/mol. The summed E-state index contributed by atoms with van der Waals surface area (Å²) < 4.78 is 112. The Hall–Kier alpha value is -2.86. The summed E-state index contributed by atoms with van der Waals surface area (Å²) in [6.45, 7) is 6.04. The average molecular weight is 579 g/mol. The third kappa shape index (κ3) is 5.52. The minimum absolute atomic E-state index is 0.0227. The van der Waals surface area contributed by atoms with Crippen LogP contribution in [-0.2, 0) is 9.47 Å². The van der Waals surface area contributed by atoms with Gasteiger partial charge in [-0.05, 0) is 35.4 Å². The molecule has 4 rings (SSSR count). The van der Waals surface area contributed by atoms with Crippen LogP contribution in [0, 0.1) is 10.8 Å². The maximum Gasteiger partial charge on any atom is 0.415 e. The molecule has 6 nitrogen and oxygen atoms in total. The van der Waals surface area contributed by atoms with Crippen molar-refractivity contribution in [1.29, 1.82) is 0 Å². The number of halogens is 6. The minimum Gasteiger partial charge on any atom is -0.493 e. The second kappa shape index (κ2) is 10.5. The molecule has 0 N–H and O–H groups in total. The van der Waals surface area contributed by atoms with Gasteiger partial charge in [0, 0.05) is 10.8 Å². The average Bonchev–Trinajstić information content (AvgIpc) is 2.84. The highest BCUT2D eigenvalue weighted by atomic mass is 19.4. The highest BCUT2D eigenvalue weighted by molar-refractivity contribution is 5.46. The van der Waals surface area contributed by atoms with Gasteiger partial charge in [0.25, 0.3) is 0 Å². The van der Waals surface area contributed by atoms with Gasteiger partial charge in [0.05, 0.1) is 26.4 Å². The van der Waals surface area contributed by atoms with Gasteiger partial charge in [0.1, 0.15) is 13.2 Å². The van der Waals surface area contributed by atoms with Crippen LogP contribution in [0.4, 0.5) is 26.3 Å². The molecule has 0 aliphatic carbocycles. The molecule has 0 amide bonds. The van der Waals surface area contributed by atoms with Crippen molar-refractivity contribution in [2.45, 2.75) is 64.5 Å². The van der Waals surface area contributed by atoms with E-state index in [1.54, 1.807) is 36.4 Å². The molecule has 4 unspecified atom stereocenters. The smallest absolute Gasteiger partial charge is 0.415 e. The molecule has 0 aromatic heterocycles. The number of hydrogen-bond acceptors (Lipinski definition) is 6. The minimum atomic E-state index is -4.47. The maximum absolute atomic E-state index is 13.2. The Balaban J connectivity index is 1.41. The lowest BCUT2D eigenvalue weighted by molar-refractivity contribution is -0.351. The van der Waals surface area contributed by atoms with Crippen LogP contribution in [0.1, 0.15) is 51.0 Å². The molecule has 40 heavy (non-hydrogen) atoms. The third-order valence-corrected chi connectivity index (χ3v) is 7.42. The van der Waals surface area contributed by atoms with Crippen molar-refractivity contribution >= 4 is 0 Å². The lowest BCUT2D eigenvalue weighted by atomic mass is 9.72. The van der Waals surface area contributed by atoms with Crippen molar-refractivity contribution in [3.63, 3.8) is 0 Å². The number of hydrogen-bond donors (Lipinski definition) is 0. The van der Waals surface area contributed by atoms with E-state index in [1.807, 2.05) is 0 Å². The second-order valence-electron chi connectivity index (χ2n) is 11.0. The number of ether oxygens (including phenoxy) is 6. The Kier molecular flexibility index (Phi) is 7.92. The molecule has 2 aliphatic rings. The van der Waals surface area contributed by atoms with Gasteiger partial charge < -0.3 is 28.4 Å². The van der Waals surface area contributed by atoms with Crippen molar-refractivity contribution in [3.8, 4) is 23.0 Å². The van der Waals surface area contributed by atoms with Gasteiger partial charge >= 0.3 is 12.4 Å². The van der Waals surface area contributed by atoms with E-state index in [2.05, 4.69) is 0 Å². The summed E-state index contributed by atoms with van der Waals surface area (Å²) in [6.07, 6.45) is -14.3. The van der Waals surface area contributed by atoms with Crippen LogP contribution in [-0.4, -0.2) is 52.0 Å². The van der Waals surface area contributed by atoms with Crippen molar-refractivity contribution in [1.82, 2.24) is 0 Å². The van der Waals surface area contributed by atoms with Crippen molar-refractivity contribution in [2.24, 2.45) is 10.8 Å². The SMILES string of the molecule is COc1ccc(C2OC(C(F)(F)F)C2(C)C)cc1OCCOc1cc(C2OC(C(F)(F)F)C2(C)C)ccc1OC. The molecule has 0 bridgehead atoms. The third-order valence-electron chi connectivity index (χ3n) is 7.42. The monoisotopic (exact) mass is 578 g/mol. The van der Waals surface area contributed by atoms with E-state index in [9.17, 15) is 26.3 Å². The van der Waals surface area contributed by atoms with Gasteiger partial charge in [0.2, 0.25) is 0 Å². The molecule has 2 aromatic carbocycles. The summed E-state index contributed by atoms with van der Waals surface area (Å²) >= 11 is 0. The molecule has 4 atom stereocenters. The summed E-state index contributed by atoms with van der Waals surface area (Å²) in [6, 6.07) is 9.59. The second-order valence-corrected chi connectivity index (χ2v) is 11.0. The predicted octanol–water partition coefficient (Wildman–Crippen LogP) is 7.22.